The van der Waals surface area contributed by atoms with Crippen molar-refractivity contribution in [3.63, 3.8) is 0 Å². The van der Waals surface area contributed by atoms with E-state index < -0.39 is 0 Å². The van der Waals surface area contributed by atoms with Crippen LogP contribution in [0.1, 0.15) is 18.1 Å². The first kappa shape index (κ1) is 9.03. The van der Waals surface area contributed by atoms with Crippen LogP contribution in [0.25, 0.3) is 0 Å². The molecule has 0 aliphatic rings. The van der Waals surface area contributed by atoms with Crippen molar-refractivity contribution in [1.29, 1.82) is 0 Å². The van der Waals surface area contributed by atoms with Gasteiger partial charge in [-0.3, -0.25) is 5.84 Å². The SMILES string of the molecule is CCc1ccc(NN)cc1CO. The molecule has 0 fully saturated rings. The van der Waals surface area contributed by atoms with Crippen molar-refractivity contribution in [1.82, 2.24) is 0 Å². The van der Waals surface area contributed by atoms with Gasteiger partial charge in [0.15, 0.2) is 0 Å². The van der Waals surface area contributed by atoms with Gasteiger partial charge in [-0.15, -0.1) is 0 Å². The van der Waals surface area contributed by atoms with Crippen molar-refractivity contribution >= 4 is 5.69 Å². The van der Waals surface area contributed by atoms with Gasteiger partial charge in [-0.25, -0.2) is 0 Å². The van der Waals surface area contributed by atoms with Crippen LogP contribution in [0.4, 0.5) is 5.69 Å². The van der Waals surface area contributed by atoms with Gasteiger partial charge in [0.1, 0.15) is 0 Å². The first-order valence-corrected chi connectivity index (χ1v) is 4.01. The molecule has 0 radical (unpaired) electrons. The van der Waals surface area contributed by atoms with Gasteiger partial charge in [0.05, 0.1) is 6.61 Å². The van der Waals surface area contributed by atoms with Crippen LogP contribution in [0, 0.1) is 0 Å². The minimum atomic E-state index is 0.0681. The number of nitrogens with one attached hydrogen (secondary N) is 1. The minimum absolute atomic E-state index is 0.0681. The van der Waals surface area contributed by atoms with Gasteiger partial charge >= 0.3 is 0 Å². The molecule has 0 amide bonds. The fourth-order valence-corrected chi connectivity index (χ4v) is 1.21. The first-order valence-electron chi connectivity index (χ1n) is 4.01. The van der Waals surface area contributed by atoms with Crippen molar-refractivity contribution in [2.24, 2.45) is 5.84 Å². The van der Waals surface area contributed by atoms with Crippen molar-refractivity contribution in [2.45, 2.75) is 20.0 Å². The predicted molar refractivity (Wildman–Crippen MR) is 49.6 cm³/mol. The number of hydrogen-bond donors (Lipinski definition) is 3. The molecule has 1 rings (SSSR count). The summed E-state index contributed by atoms with van der Waals surface area (Å²) in [4.78, 5) is 0. The third kappa shape index (κ3) is 1.75. The van der Waals surface area contributed by atoms with E-state index in [2.05, 4.69) is 12.3 Å². The molecule has 3 nitrogen and oxygen atoms in total. The predicted octanol–water partition coefficient (Wildman–Crippen LogP) is 1.03. The van der Waals surface area contributed by atoms with Gasteiger partial charge < -0.3 is 10.5 Å². The molecule has 1 aromatic carbocycles. The topological polar surface area (TPSA) is 58.3 Å². The van der Waals surface area contributed by atoms with Gasteiger partial charge in [-0.05, 0) is 29.7 Å². The van der Waals surface area contributed by atoms with Crippen LogP contribution in [0.15, 0.2) is 18.2 Å². The van der Waals surface area contributed by atoms with E-state index in [0.29, 0.717) is 0 Å². The summed E-state index contributed by atoms with van der Waals surface area (Å²) < 4.78 is 0. The second kappa shape index (κ2) is 4.09. The first-order chi connectivity index (χ1) is 5.81. The lowest BCUT2D eigenvalue weighted by Crippen LogP contribution is -2.07. The Balaban J connectivity index is 3.02. The molecular weight excluding hydrogens is 152 g/mol. The maximum Gasteiger partial charge on any atom is 0.0685 e. The molecule has 3 heteroatoms. The molecular formula is C9H14N2O. The Morgan fingerprint density at radius 1 is 1.42 bits per heavy atom. The van der Waals surface area contributed by atoms with Crippen LogP contribution in [0.5, 0.6) is 0 Å². The van der Waals surface area contributed by atoms with Crippen molar-refractivity contribution in [2.75, 3.05) is 5.43 Å². The number of benzene rings is 1. The van der Waals surface area contributed by atoms with E-state index in [1.54, 1.807) is 0 Å². The quantitative estimate of drug-likeness (QED) is 0.464. The Kier molecular flexibility index (Phi) is 3.08. The molecule has 0 bridgehead atoms. The third-order valence-electron chi connectivity index (χ3n) is 1.92. The molecule has 0 saturated heterocycles. The number of aryl methyl sites for hydroxylation is 1. The monoisotopic (exact) mass is 166 g/mol. The van der Waals surface area contributed by atoms with Crippen LogP contribution < -0.4 is 11.3 Å². The molecule has 0 unspecified atom stereocenters. The van der Waals surface area contributed by atoms with Gasteiger partial charge in [0.2, 0.25) is 0 Å². The molecule has 1 aromatic rings. The summed E-state index contributed by atoms with van der Waals surface area (Å²) >= 11 is 0. The van der Waals surface area contributed by atoms with Gasteiger partial charge in [0, 0.05) is 5.69 Å². The van der Waals surface area contributed by atoms with E-state index in [1.165, 1.54) is 0 Å². The highest BCUT2D eigenvalue weighted by Gasteiger charge is 1.99. The molecule has 0 atom stereocenters. The smallest absolute Gasteiger partial charge is 0.0685 e. The number of nitrogen functional groups attached to an aromatic ring is 1. The number of rotatable bonds is 3. The highest BCUT2D eigenvalue weighted by Crippen LogP contribution is 2.15. The average Bonchev–Trinajstić information content (AvgIpc) is 2.16. The summed E-state index contributed by atoms with van der Waals surface area (Å²) in [6, 6.07) is 5.73. The van der Waals surface area contributed by atoms with Crippen molar-refractivity contribution in [3.8, 4) is 0 Å². The lowest BCUT2D eigenvalue weighted by molar-refractivity contribution is 0.281. The largest absolute Gasteiger partial charge is 0.392 e. The Hall–Kier alpha value is -1.06. The van der Waals surface area contributed by atoms with Crippen LogP contribution in [0.2, 0.25) is 0 Å². The molecule has 4 N–H and O–H groups in total. The minimum Gasteiger partial charge on any atom is -0.392 e. The summed E-state index contributed by atoms with van der Waals surface area (Å²) in [5.41, 5.74) is 5.47. The Morgan fingerprint density at radius 2 is 2.17 bits per heavy atom. The molecule has 0 spiro atoms. The molecule has 0 aromatic heterocycles. The number of hydrogen-bond acceptors (Lipinski definition) is 3. The van der Waals surface area contributed by atoms with E-state index in [0.717, 1.165) is 23.2 Å². The second-order valence-electron chi connectivity index (χ2n) is 2.64. The molecule has 66 valence electrons. The van der Waals surface area contributed by atoms with Gasteiger partial charge in [-0.1, -0.05) is 13.0 Å². The summed E-state index contributed by atoms with van der Waals surface area (Å²) in [7, 11) is 0. The highest BCUT2D eigenvalue weighted by atomic mass is 16.3. The highest BCUT2D eigenvalue weighted by molar-refractivity contribution is 5.47. The lowest BCUT2D eigenvalue weighted by atomic mass is 10.1. The Bertz CT molecular complexity index is 261. The summed E-state index contributed by atoms with van der Waals surface area (Å²) in [5, 5.41) is 9.00. The zero-order valence-electron chi connectivity index (χ0n) is 7.17. The normalized spacial score (nSPS) is 9.92. The maximum atomic E-state index is 9.00. The van der Waals surface area contributed by atoms with Gasteiger partial charge in [-0.2, -0.15) is 0 Å². The van der Waals surface area contributed by atoms with Crippen molar-refractivity contribution in [3.05, 3.63) is 29.3 Å². The number of anilines is 1. The third-order valence-corrected chi connectivity index (χ3v) is 1.92. The fourth-order valence-electron chi connectivity index (χ4n) is 1.21. The lowest BCUT2D eigenvalue weighted by Gasteiger charge is -2.07. The van der Waals surface area contributed by atoms with Crippen molar-refractivity contribution < 1.29 is 5.11 Å². The molecule has 12 heavy (non-hydrogen) atoms. The molecule has 0 aliphatic carbocycles. The number of aliphatic hydroxyl groups is 1. The number of aliphatic hydroxyl groups excluding tert-OH is 1. The summed E-state index contributed by atoms with van der Waals surface area (Å²) in [6.45, 7) is 2.13. The standard InChI is InChI=1S/C9H14N2O/c1-2-7-3-4-9(11-10)5-8(7)6-12/h3-5,11-12H,2,6,10H2,1H3. The van der Waals surface area contributed by atoms with E-state index in [9.17, 15) is 0 Å². The molecule has 0 heterocycles. The van der Waals surface area contributed by atoms with Crippen LogP contribution in [-0.2, 0) is 13.0 Å². The number of hydrazine groups is 1. The zero-order valence-corrected chi connectivity index (χ0v) is 7.17. The Labute approximate surface area is 72.2 Å². The van der Waals surface area contributed by atoms with Gasteiger partial charge in [0.25, 0.3) is 0 Å². The van der Waals surface area contributed by atoms with Crippen LogP contribution >= 0.6 is 0 Å². The second-order valence-corrected chi connectivity index (χ2v) is 2.64. The molecule has 0 aliphatic heterocycles. The van der Waals surface area contributed by atoms with E-state index >= 15 is 0 Å². The Morgan fingerprint density at radius 3 is 2.67 bits per heavy atom. The molecule has 0 saturated carbocycles. The summed E-state index contributed by atoms with van der Waals surface area (Å²) in [5.74, 6) is 5.23. The summed E-state index contributed by atoms with van der Waals surface area (Å²) in [6.07, 6.45) is 0.931. The van der Waals surface area contributed by atoms with E-state index in [1.807, 2.05) is 18.2 Å². The zero-order chi connectivity index (χ0) is 8.97. The maximum absolute atomic E-state index is 9.00. The van der Waals surface area contributed by atoms with Crippen LogP contribution in [-0.4, -0.2) is 5.11 Å². The average molecular weight is 166 g/mol. The van der Waals surface area contributed by atoms with E-state index in [-0.39, 0.29) is 6.61 Å². The fraction of sp³-hybridized carbons (Fsp3) is 0.333. The number of nitrogens with two attached hydrogens (primary N) is 1. The van der Waals surface area contributed by atoms with E-state index in [4.69, 9.17) is 10.9 Å². The van der Waals surface area contributed by atoms with Crippen LogP contribution in [0.3, 0.4) is 0 Å².